The molecule has 15 rings (SSSR count). The molecule has 0 radical (unpaired) electrons. The van der Waals surface area contributed by atoms with E-state index in [1.54, 1.807) is 0 Å². The Bertz CT molecular complexity index is 4450. The minimum Gasteiger partial charge on any atom is -0.309 e. The fourth-order valence-corrected chi connectivity index (χ4v) is 11.5. The Morgan fingerprint density at radius 3 is 1.26 bits per heavy atom. The van der Waals surface area contributed by atoms with Gasteiger partial charge in [0.25, 0.3) is 0 Å². The van der Waals surface area contributed by atoms with E-state index in [2.05, 4.69) is 258 Å². The third-order valence-electron chi connectivity index (χ3n) is 14.8. The van der Waals surface area contributed by atoms with Crippen LogP contribution in [0.2, 0.25) is 0 Å². The predicted molar refractivity (Wildman–Crippen MR) is 302 cm³/mol. The Morgan fingerprint density at radius 2 is 0.694 bits per heavy atom. The van der Waals surface area contributed by atoms with Crippen LogP contribution in [0, 0.1) is 0 Å². The summed E-state index contributed by atoms with van der Waals surface area (Å²) in [6.45, 7) is 0. The van der Waals surface area contributed by atoms with Crippen molar-refractivity contribution in [2.24, 2.45) is 0 Å². The Kier molecular flexibility index (Phi) is 8.92. The SMILES string of the molecule is c1ccc(-c2nc(-c3cc(-c4ccc5ccc6c(c5c4)c4ccccc4n6-c4ccccc4)cc(-c4ccc5ccc6c(c5c4)c4ccccc4n6-c4ccccc4)c3)c3ccc4ccccc4c3n2)cc1. The fraction of sp³-hybridized carbons (Fsp3) is 0. The van der Waals surface area contributed by atoms with Crippen molar-refractivity contribution in [3.8, 4) is 56.3 Å². The van der Waals surface area contributed by atoms with Gasteiger partial charge in [0, 0.05) is 54.8 Å². The van der Waals surface area contributed by atoms with E-state index in [-0.39, 0.29) is 0 Å². The van der Waals surface area contributed by atoms with Crippen LogP contribution in [-0.4, -0.2) is 19.1 Å². The van der Waals surface area contributed by atoms with Crippen molar-refractivity contribution in [3.05, 3.63) is 255 Å². The lowest BCUT2D eigenvalue weighted by atomic mass is 9.91. The van der Waals surface area contributed by atoms with Gasteiger partial charge in [0.1, 0.15) is 0 Å². The zero-order valence-electron chi connectivity index (χ0n) is 39.0. The van der Waals surface area contributed by atoms with Gasteiger partial charge in [-0.15, -0.1) is 0 Å². The number of aromatic nitrogens is 4. The van der Waals surface area contributed by atoms with E-state index in [0.717, 1.165) is 72.1 Å². The summed E-state index contributed by atoms with van der Waals surface area (Å²) in [5, 5.41) is 13.1. The van der Waals surface area contributed by atoms with Gasteiger partial charge in [0.15, 0.2) is 5.82 Å². The molecule has 0 fully saturated rings. The Hall–Kier alpha value is -9.64. The molecule has 0 unspecified atom stereocenters. The third-order valence-corrected chi connectivity index (χ3v) is 14.8. The van der Waals surface area contributed by atoms with E-state index < -0.39 is 0 Å². The summed E-state index contributed by atoms with van der Waals surface area (Å²) in [6, 6.07) is 92.5. The van der Waals surface area contributed by atoms with Crippen LogP contribution in [0.15, 0.2) is 255 Å². The molecular formula is C68H42N4. The Labute approximate surface area is 415 Å². The normalized spacial score (nSPS) is 11.9. The van der Waals surface area contributed by atoms with Crippen molar-refractivity contribution < 1.29 is 0 Å². The molecule has 0 saturated carbocycles. The monoisotopic (exact) mass is 914 g/mol. The lowest BCUT2D eigenvalue weighted by molar-refractivity contribution is 1.18. The van der Waals surface area contributed by atoms with E-state index in [4.69, 9.17) is 9.97 Å². The highest BCUT2D eigenvalue weighted by Crippen LogP contribution is 2.43. The quantitative estimate of drug-likeness (QED) is 0.156. The minimum atomic E-state index is 0.701. The first-order chi connectivity index (χ1) is 35.7. The van der Waals surface area contributed by atoms with Crippen molar-refractivity contribution in [1.82, 2.24) is 19.1 Å². The maximum Gasteiger partial charge on any atom is 0.160 e. The van der Waals surface area contributed by atoms with Crippen LogP contribution in [-0.2, 0) is 0 Å². The van der Waals surface area contributed by atoms with Gasteiger partial charge in [0.05, 0.1) is 33.3 Å². The number of hydrogen-bond donors (Lipinski definition) is 0. The van der Waals surface area contributed by atoms with Gasteiger partial charge in [-0.05, 0) is 134 Å². The fourth-order valence-electron chi connectivity index (χ4n) is 11.5. The molecular weight excluding hydrogens is 873 g/mol. The van der Waals surface area contributed by atoms with Crippen molar-refractivity contribution in [1.29, 1.82) is 0 Å². The molecule has 0 N–H and O–H groups in total. The number of nitrogens with zero attached hydrogens (tertiary/aromatic N) is 4. The van der Waals surface area contributed by atoms with Gasteiger partial charge in [-0.3, -0.25) is 0 Å². The smallest absolute Gasteiger partial charge is 0.160 e. The van der Waals surface area contributed by atoms with Gasteiger partial charge in [-0.2, -0.15) is 0 Å². The zero-order valence-corrected chi connectivity index (χ0v) is 39.0. The summed E-state index contributed by atoms with van der Waals surface area (Å²) in [6.07, 6.45) is 0. The van der Waals surface area contributed by atoms with Crippen molar-refractivity contribution >= 4 is 86.8 Å². The van der Waals surface area contributed by atoms with Crippen LogP contribution in [0.3, 0.4) is 0 Å². The highest BCUT2D eigenvalue weighted by Gasteiger charge is 2.20. The average molecular weight is 915 g/mol. The van der Waals surface area contributed by atoms with Crippen molar-refractivity contribution in [2.45, 2.75) is 0 Å². The molecule has 0 spiro atoms. The van der Waals surface area contributed by atoms with Crippen LogP contribution in [0.5, 0.6) is 0 Å². The second kappa shape index (κ2) is 16.0. The predicted octanol–water partition coefficient (Wildman–Crippen LogP) is 18.0. The van der Waals surface area contributed by atoms with E-state index in [0.29, 0.717) is 5.82 Å². The molecule has 0 atom stereocenters. The van der Waals surface area contributed by atoms with Crippen LogP contribution >= 0.6 is 0 Å². The Balaban J connectivity index is 1.01. The van der Waals surface area contributed by atoms with Crippen molar-refractivity contribution in [2.75, 3.05) is 0 Å². The molecule has 0 aliphatic rings. The first kappa shape index (κ1) is 40.3. The molecule has 3 heterocycles. The summed E-state index contributed by atoms with van der Waals surface area (Å²) >= 11 is 0. The first-order valence-corrected chi connectivity index (χ1v) is 24.6. The molecule has 15 aromatic rings. The maximum absolute atomic E-state index is 5.51. The molecule has 0 aliphatic carbocycles. The molecule has 0 saturated heterocycles. The van der Waals surface area contributed by atoms with Gasteiger partial charge in [0.2, 0.25) is 0 Å². The molecule has 4 nitrogen and oxygen atoms in total. The summed E-state index contributed by atoms with van der Waals surface area (Å²) in [7, 11) is 0. The first-order valence-electron chi connectivity index (χ1n) is 24.6. The Morgan fingerprint density at radius 1 is 0.250 bits per heavy atom. The molecule has 334 valence electrons. The lowest BCUT2D eigenvalue weighted by Gasteiger charge is -2.15. The van der Waals surface area contributed by atoms with Crippen LogP contribution < -0.4 is 0 Å². The topological polar surface area (TPSA) is 35.6 Å². The van der Waals surface area contributed by atoms with Gasteiger partial charge < -0.3 is 9.13 Å². The van der Waals surface area contributed by atoms with E-state index in [1.165, 1.54) is 65.2 Å². The summed E-state index contributed by atoms with van der Waals surface area (Å²) in [5.74, 6) is 0.701. The van der Waals surface area contributed by atoms with Crippen LogP contribution in [0.25, 0.3) is 143 Å². The van der Waals surface area contributed by atoms with Crippen LogP contribution in [0.1, 0.15) is 0 Å². The van der Waals surface area contributed by atoms with E-state index in [1.807, 2.05) is 6.07 Å². The third kappa shape index (κ3) is 6.26. The number of hydrogen-bond acceptors (Lipinski definition) is 2. The summed E-state index contributed by atoms with van der Waals surface area (Å²) < 4.78 is 4.80. The number of para-hydroxylation sites is 4. The largest absolute Gasteiger partial charge is 0.309 e. The van der Waals surface area contributed by atoms with E-state index in [9.17, 15) is 0 Å². The molecule has 0 bridgehead atoms. The molecule has 0 aliphatic heterocycles. The summed E-state index contributed by atoms with van der Waals surface area (Å²) in [4.78, 5) is 10.8. The molecule has 12 aromatic carbocycles. The van der Waals surface area contributed by atoms with Crippen LogP contribution in [0.4, 0.5) is 0 Å². The molecule has 0 amide bonds. The summed E-state index contributed by atoms with van der Waals surface area (Å²) in [5.41, 5.74) is 15.4. The van der Waals surface area contributed by atoms with Gasteiger partial charge >= 0.3 is 0 Å². The van der Waals surface area contributed by atoms with Gasteiger partial charge in [-0.25, -0.2) is 9.97 Å². The molecule has 72 heavy (non-hydrogen) atoms. The molecule has 3 aromatic heterocycles. The average Bonchev–Trinajstić information content (AvgIpc) is 3.99. The number of rotatable bonds is 6. The minimum absolute atomic E-state index is 0.701. The van der Waals surface area contributed by atoms with Gasteiger partial charge in [-0.1, -0.05) is 170 Å². The molecule has 4 heteroatoms. The zero-order chi connectivity index (χ0) is 47.3. The van der Waals surface area contributed by atoms with E-state index >= 15 is 0 Å². The highest BCUT2D eigenvalue weighted by molar-refractivity contribution is 6.23. The second-order valence-electron chi connectivity index (χ2n) is 18.9. The number of benzene rings is 12. The lowest BCUT2D eigenvalue weighted by Crippen LogP contribution is -1.97. The maximum atomic E-state index is 5.51. The highest BCUT2D eigenvalue weighted by atomic mass is 15.0. The second-order valence-corrected chi connectivity index (χ2v) is 18.9. The van der Waals surface area contributed by atoms with Crippen molar-refractivity contribution in [3.63, 3.8) is 0 Å². The number of fused-ring (bicyclic) bond motifs is 13. The standard InChI is InChI=1S/C68H42N4/c1-4-17-46(18-5-1)68-69-66(57-35-32-43-16-10-11-23-54(43)67(57)70-68)51-39-49(47-30-28-44-33-36-62-64(58(44)41-47)55-24-12-14-26-60(55)71(62)52-19-6-2-7-20-52)38-50(40-51)48-31-29-45-34-37-63-65(59(45)42-48)56-25-13-15-27-61(56)72(63)53-21-8-3-9-22-53/h1-42H.